The summed E-state index contributed by atoms with van der Waals surface area (Å²) in [5, 5.41) is 16.2. The molecule has 11 heteroatoms. The highest BCUT2D eigenvalue weighted by molar-refractivity contribution is 7.88. The molecule has 1 fully saturated rings. The number of piperidine rings is 1. The molecule has 0 aliphatic carbocycles. The minimum Gasteiger partial charge on any atom is -0.389 e. The van der Waals surface area contributed by atoms with E-state index in [0.717, 1.165) is 6.26 Å². The molecule has 2 aromatic carbocycles. The third-order valence-electron chi connectivity index (χ3n) is 6.61. The summed E-state index contributed by atoms with van der Waals surface area (Å²) in [6.07, 6.45) is 0.935. The second kappa shape index (κ2) is 12.6. The molecule has 3 rings (SSSR count). The summed E-state index contributed by atoms with van der Waals surface area (Å²) >= 11 is 0. The molecule has 9 nitrogen and oxygen atoms in total. The second-order valence-electron chi connectivity index (χ2n) is 9.21. The van der Waals surface area contributed by atoms with E-state index in [1.807, 2.05) is 18.2 Å². The lowest BCUT2D eigenvalue weighted by atomic mass is 9.96. The van der Waals surface area contributed by atoms with Crippen LogP contribution in [0.3, 0.4) is 0 Å². The Morgan fingerprint density at radius 2 is 1.78 bits per heavy atom. The van der Waals surface area contributed by atoms with Gasteiger partial charge < -0.3 is 15.7 Å². The van der Waals surface area contributed by atoms with Gasteiger partial charge in [-0.2, -0.15) is 4.31 Å². The fourth-order valence-corrected chi connectivity index (χ4v) is 5.72. The second-order valence-corrected chi connectivity index (χ2v) is 11.1. The number of alkyl halides is 1. The van der Waals surface area contributed by atoms with Crippen molar-refractivity contribution in [3.63, 3.8) is 0 Å². The first-order valence-corrected chi connectivity index (χ1v) is 13.9. The number of halogens is 1. The number of fused-ring (bicyclic) bond motifs is 1. The normalized spacial score (nSPS) is 17.1. The van der Waals surface area contributed by atoms with Gasteiger partial charge in [-0.15, -0.1) is 0 Å². The third kappa shape index (κ3) is 7.45. The average molecular weight is 523 g/mol. The van der Waals surface area contributed by atoms with Gasteiger partial charge in [0.25, 0.3) is 0 Å². The Morgan fingerprint density at radius 3 is 2.44 bits per heavy atom. The molecule has 3 N–H and O–H groups in total. The largest absolute Gasteiger partial charge is 0.389 e. The topological polar surface area (TPSA) is 119 Å². The molecule has 0 bridgehead atoms. The van der Waals surface area contributed by atoms with Crippen LogP contribution >= 0.6 is 0 Å². The number of nitrogens with one attached hydrogen (secondary N) is 2. The number of benzene rings is 2. The predicted octanol–water partition coefficient (Wildman–Crippen LogP) is 1.19. The summed E-state index contributed by atoms with van der Waals surface area (Å²) in [4.78, 5) is 26.5. The number of aliphatic hydroxyl groups excluding tert-OH is 1. The number of hydrogen-bond acceptors (Lipinski definition) is 6. The van der Waals surface area contributed by atoms with Gasteiger partial charge in [0.15, 0.2) is 0 Å². The molecule has 198 valence electrons. The molecule has 0 radical (unpaired) electrons. The fraction of sp³-hybridized carbons (Fsp3) is 0.520. The quantitative estimate of drug-likeness (QED) is 0.408. The lowest BCUT2D eigenvalue weighted by Crippen LogP contribution is -2.51. The highest BCUT2D eigenvalue weighted by Gasteiger charge is 2.33. The van der Waals surface area contributed by atoms with Gasteiger partial charge >= 0.3 is 0 Å². The van der Waals surface area contributed by atoms with E-state index in [1.54, 1.807) is 0 Å². The molecular weight excluding hydrogens is 487 g/mol. The van der Waals surface area contributed by atoms with E-state index in [0.29, 0.717) is 25.9 Å². The number of aliphatic hydroxyl groups is 1. The first kappa shape index (κ1) is 28.0. The van der Waals surface area contributed by atoms with Crippen LogP contribution in [-0.2, 0) is 19.6 Å². The summed E-state index contributed by atoms with van der Waals surface area (Å²) in [7, 11) is -3.66. The van der Waals surface area contributed by atoms with Crippen LogP contribution in [0.2, 0.25) is 0 Å². The number of rotatable bonds is 11. The maximum atomic E-state index is 12.5. The highest BCUT2D eigenvalue weighted by Crippen LogP contribution is 2.31. The molecule has 2 aromatic rings. The molecule has 1 aliphatic heterocycles. The maximum absolute atomic E-state index is 12.5. The van der Waals surface area contributed by atoms with Gasteiger partial charge in [-0.25, -0.2) is 12.8 Å². The van der Waals surface area contributed by atoms with Crippen molar-refractivity contribution in [3.05, 3.63) is 48.0 Å². The minimum atomic E-state index is -3.66. The van der Waals surface area contributed by atoms with Crippen LogP contribution in [0.1, 0.15) is 31.4 Å². The number of carbonyl (C=O) groups excluding carboxylic acids is 2. The summed E-state index contributed by atoms with van der Waals surface area (Å²) in [6, 6.07) is 14.3. The zero-order valence-electron chi connectivity index (χ0n) is 20.7. The van der Waals surface area contributed by atoms with Crippen molar-refractivity contribution in [2.75, 3.05) is 45.7 Å². The number of hydrogen-bond donors (Lipinski definition) is 3. The summed E-state index contributed by atoms with van der Waals surface area (Å²) in [5.41, 5.74) is 1.23. The van der Waals surface area contributed by atoms with Crippen molar-refractivity contribution < 1.29 is 27.5 Å². The van der Waals surface area contributed by atoms with E-state index in [2.05, 4.69) is 46.7 Å². The SMILES string of the molecule is CC(c1cccc2ccccc12)N1CCC(N(CC(=O)NCC(=O)NCC(O)CF)S(C)(=O)=O)CC1. The molecular formula is C25H35FN4O5S. The zero-order valence-corrected chi connectivity index (χ0v) is 21.5. The van der Waals surface area contributed by atoms with Gasteiger partial charge in [-0.3, -0.25) is 14.5 Å². The Bertz CT molecular complexity index is 1150. The Kier molecular flexibility index (Phi) is 9.77. The van der Waals surface area contributed by atoms with Crippen molar-refractivity contribution >= 4 is 32.6 Å². The number of amides is 2. The first-order valence-electron chi connectivity index (χ1n) is 12.1. The molecule has 0 spiro atoms. The Labute approximate surface area is 211 Å². The fourth-order valence-electron chi connectivity index (χ4n) is 4.61. The number of likely N-dealkylation sites (tertiary alicyclic amines) is 1. The molecule has 2 atom stereocenters. The first-order chi connectivity index (χ1) is 17.1. The molecule has 0 saturated carbocycles. The number of carbonyl (C=O) groups is 2. The zero-order chi connectivity index (χ0) is 26.3. The lowest BCUT2D eigenvalue weighted by Gasteiger charge is -2.39. The van der Waals surface area contributed by atoms with E-state index in [-0.39, 0.29) is 25.2 Å². The van der Waals surface area contributed by atoms with E-state index >= 15 is 0 Å². The van der Waals surface area contributed by atoms with Crippen LogP contribution in [0.5, 0.6) is 0 Å². The maximum Gasteiger partial charge on any atom is 0.239 e. The van der Waals surface area contributed by atoms with Gasteiger partial charge in [0, 0.05) is 31.7 Å². The van der Waals surface area contributed by atoms with Crippen LogP contribution < -0.4 is 10.6 Å². The van der Waals surface area contributed by atoms with Crippen LogP contribution in [0.4, 0.5) is 4.39 Å². The monoisotopic (exact) mass is 522 g/mol. The Hall–Kier alpha value is -2.60. The molecule has 1 saturated heterocycles. The summed E-state index contributed by atoms with van der Waals surface area (Å²) < 4.78 is 38.4. The van der Waals surface area contributed by atoms with Gasteiger partial charge in [0.1, 0.15) is 6.67 Å². The molecule has 36 heavy (non-hydrogen) atoms. The van der Waals surface area contributed by atoms with Crippen molar-refractivity contribution in [2.45, 2.75) is 38.0 Å². The van der Waals surface area contributed by atoms with E-state index in [4.69, 9.17) is 5.11 Å². The van der Waals surface area contributed by atoms with Crippen molar-refractivity contribution in [1.29, 1.82) is 0 Å². The molecule has 1 heterocycles. The van der Waals surface area contributed by atoms with E-state index in [1.165, 1.54) is 20.6 Å². The van der Waals surface area contributed by atoms with Crippen LogP contribution in [0.25, 0.3) is 10.8 Å². The van der Waals surface area contributed by atoms with Gasteiger partial charge in [0.2, 0.25) is 21.8 Å². The van der Waals surface area contributed by atoms with Crippen molar-refractivity contribution in [1.82, 2.24) is 19.8 Å². The van der Waals surface area contributed by atoms with E-state index in [9.17, 15) is 22.4 Å². The van der Waals surface area contributed by atoms with Crippen LogP contribution in [0.15, 0.2) is 42.5 Å². The Balaban J connectivity index is 1.56. The molecule has 0 aromatic heterocycles. The number of sulfonamides is 1. The van der Waals surface area contributed by atoms with E-state index < -0.39 is 41.2 Å². The van der Waals surface area contributed by atoms with Crippen LogP contribution in [0, 0.1) is 0 Å². The van der Waals surface area contributed by atoms with Crippen molar-refractivity contribution in [3.8, 4) is 0 Å². The van der Waals surface area contributed by atoms with Crippen molar-refractivity contribution in [2.24, 2.45) is 0 Å². The predicted molar refractivity (Wildman–Crippen MR) is 137 cm³/mol. The lowest BCUT2D eigenvalue weighted by molar-refractivity contribution is -0.126. The third-order valence-corrected chi connectivity index (χ3v) is 7.89. The molecule has 2 unspecified atom stereocenters. The van der Waals surface area contributed by atoms with Gasteiger partial charge in [-0.05, 0) is 36.1 Å². The Morgan fingerprint density at radius 1 is 1.11 bits per heavy atom. The summed E-state index contributed by atoms with van der Waals surface area (Å²) in [6.45, 7) is 1.48. The average Bonchev–Trinajstić information content (AvgIpc) is 2.87. The molecule has 1 aliphatic rings. The minimum absolute atomic E-state index is 0.154. The standard InChI is InChI=1S/C25H35FN4O5S/c1-18(22-9-5-7-19-6-3-4-8-23(19)22)29-12-10-20(11-13-29)30(36(2,34)35)17-25(33)28-16-24(32)27-15-21(31)14-26/h3-9,18,20-21,31H,10-17H2,1-2H3,(H,27,32)(H,28,33). The summed E-state index contributed by atoms with van der Waals surface area (Å²) in [5.74, 6) is -1.20. The number of nitrogens with zero attached hydrogens (tertiary/aromatic N) is 2. The smallest absolute Gasteiger partial charge is 0.239 e. The van der Waals surface area contributed by atoms with Gasteiger partial charge in [0.05, 0.1) is 25.4 Å². The van der Waals surface area contributed by atoms with Gasteiger partial charge in [-0.1, -0.05) is 42.5 Å². The van der Waals surface area contributed by atoms with Crippen LogP contribution in [-0.4, -0.2) is 92.3 Å². The molecule has 2 amide bonds. The highest BCUT2D eigenvalue weighted by atomic mass is 32.2.